The summed E-state index contributed by atoms with van der Waals surface area (Å²) in [7, 11) is -11.7. The van der Waals surface area contributed by atoms with Gasteiger partial charge in [-0.05, 0) is 48.2 Å². The molecule has 2 heterocycles. The van der Waals surface area contributed by atoms with Crippen LogP contribution in [0.1, 0.15) is 24.0 Å². The van der Waals surface area contributed by atoms with Crippen LogP contribution in [0.2, 0.25) is 0 Å². The van der Waals surface area contributed by atoms with Crippen molar-refractivity contribution < 1.29 is 86.0 Å². The summed E-state index contributed by atoms with van der Waals surface area (Å²) in [6.07, 6.45) is 0.350. The van der Waals surface area contributed by atoms with E-state index in [0.717, 1.165) is 0 Å². The number of halogens is 6. The number of alkyl halides is 6. The molecule has 0 aliphatic carbocycles. The maximum Gasteiger partial charge on any atom is 0.522 e. The van der Waals surface area contributed by atoms with Gasteiger partial charge in [0.25, 0.3) is 11.4 Å². The van der Waals surface area contributed by atoms with Crippen LogP contribution in [0.4, 0.5) is 42.5 Å². The Bertz CT molecular complexity index is 1950. The zero-order chi connectivity index (χ0) is 44.2. The highest BCUT2D eigenvalue weighted by Gasteiger charge is 2.45. The second kappa shape index (κ2) is 20.7. The van der Waals surface area contributed by atoms with Gasteiger partial charge in [-0.1, -0.05) is 0 Å². The van der Waals surface area contributed by atoms with Gasteiger partial charge in [0.2, 0.25) is 5.91 Å². The van der Waals surface area contributed by atoms with Crippen molar-refractivity contribution in [3.05, 3.63) is 79.9 Å². The number of carbonyl (C=O) groups excluding carboxylic acids is 3. The summed E-state index contributed by atoms with van der Waals surface area (Å²) in [5, 5.41) is 21.4. The maximum atomic E-state index is 13.5. The van der Waals surface area contributed by atoms with Crippen molar-refractivity contribution in [3.63, 3.8) is 0 Å². The first-order chi connectivity index (χ1) is 26.6. The second-order valence-electron chi connectivity index (χ2n) is 11.9. The van der Waals surface area contributed by atoms with Crippen molar-refractivity contribution in [2.24, 2.45) is 0 Å². The molecule has 4 rings (SSSR count). The lowest BCUT2D eigenvalue weighted by Gasteiger charge is -2.29. The van der Waals surface area contributed by atoms with Gasteiger partial charge in [0.1, 0.15) is 19.3 Å². The van der Waals surface area contributed by atoms with Gasteiger partial charge < -0.3 is 14.4 Å². The molecule has 2 atom stereocenters. The van der Waals surface area contributed by atoms with Gasteiger partial charge in [0.15, 0.2) is 0 Å². The zero-order valence-electron chi connectivity index (χ0n) is 29.3. The highest BCUT2D eigenvalue weighted by molar-refractivity contribution is 7.86. The van der Waals surface area contributed by atoms with E-state index in [4.69, 9.17) is 35.4 Å². The van der Waals surface area contributed by atoms with Crippen molar-refractivity contribution >= 4 is 62.2 Å². The molecule has 2 amide bonds. The third-order valence-electron chi connectivity index (χ3n) is 7.69. The van der Waals surface area contributed by atoms with Crippen molar-refractivity contribution in [3.8, 4) is 0 Å². The van der Waals surface area contributed by atoms with E-state index in [1.165, 1.54) is 53.4 Å². The molecule has 2 N–H and O–H groups in total. The quantitative estimate of drug-likeness (QED) is 0.0617. The fourth-order valence-electron chi connectivity index (χ4n) is 4.86. The first kappa shape index (κ1) is 49.3. The van der Waals surface area contributed by atoms with E-state index in [0.29, 0.717) is 50.1 Å². The molecule has 0 spiro atoms. The lowest BCUT2D eigenvalue weighted by molar-refractivity contribution is -0.385. The lowest BCUT2D eigenvalue weighted by Crippen LogP contribution is -2.49. The Kier molecular flexibility index (Phi) is 17.6. The van der Waals surface area contributed by atoms with Crippen molar-refractivity contribution in [1.29, 1.82) is 0 Å². The van der Waals surface area contributed by atoms with Crippen LogP contribution in [0, 0.1) is 20.2 Å². The number of amides is 2. The largest absolute Gasteiger partial charge is 0.522 e. The number of esters is 1. The number of thiol groups is 1. The van der Waals surface area contributed by atoms with Crippen LogP contribution in [-0.4, -0.2) is 130 Å². The van der Waals surface area contributed by atoms with Gasteiger partial charge in [-0.15, -0.1) is 0 Å². The molecule has 2 saturated heterocycles. The smallest absolute Gasteiger partial charge is 0.460 e. The molecule has 20 nitrogen and oxygen atoms in total. The van der Waals surface area contributed by atoms with Gasteiger partial charge in [-0.2, -0.15) is 55.8 Å². The number of likely N-dealkylation sites (tertiary alicyclic amines) is 1. The Morgan fingerprint density at radius 2 is 1.19 bits per heavy atom. The molecule has 2 aliphatic heterocycles. The number of nitro groups is 2. The summed E-state index contributed by atoms with van der Waals surface area (Å²) in [5.74, 6) is -0.648. The number of hydrogen-bond donors (Lipinski definition) is 3. The second-order valence-corrected chi connectivity index (χ2v) is 15.5. The maximum absolute atomic E-state index is 13.5. The summed E-state index contributed by atoms with van der Waals surface area (Å²) in [5.41, 5.74) is -9.96. The number of benzene rings is 2. The molecule has 0 unspecified atom stereocenters. The van der Waals surface area contributed by atoms with E-state index in [1.807, 2.05) is 4.90 Å². The first-order valence-electron chi connectivity index (χ1n) is 15.9. The fourth-order valence-corrected chi connectivity index (χ4v) is 5.23. The number of carbonyl (C=O) groups is 3. The molecule has 2 aliphatic rings. The molecular formula is C29H33F6N5O15S3. The number of non-ortho nitro benzene ring substituents is 2. The van der Waals surface area contributed by atoms with Gasteiger partial charge >= 0.3 is 43.3 Å². The highest BCUT2D eigenvalue weighted by atomic mass is 32.2. The summed E-state index contributed by atoms with van der Waals surface area (Å²) < 4.78 is 126. The van der Waals surface area contributed by atoms with Crippen LogP contribution < -0.4 is 0 Å². The van der Waals surface area contributed by atoms with Crippen molar-refractivity contribution in [2.45, 2.75) is 48.4 Å². The van der Waals surface area contributed by atoms with E-state index in [-0.39, 0.29) is 48.8 Å². The minimum atomic E-state index is -5.84. The third-order valence-corrected chi connectivity index (χ3v) is 9.24. The molecule has 324 valence electrons. The average Bonchev–Trinajstić information content (AvgIpc) is 3.36. The summed E-state index contributed by atoms with van der Waals surface area (Å²) in [6, 6.07) is 10.7. The molecule has 0 radical (unpaired) electrons. The molecule has 2 fully saturated rings. The van der Waals surface area contributed by atoms with Crippen LogP contribution in [0.5, 0.6) is 0 Å². The van der Waals surface area contributed by atoms with E-state index in [1.54, 1.807) is 4.90 Å². The van der Waals surface area contributed by atoms with E-state index in [9.17, 15) is 61.0 Å². The fraction of sp³-hybridized carbons (Fsp3) is 0.483. The van der Waals surface area contributed by atoms with Crippen LogP contribution in [0.3, 0.4) is 0 Å². The van der Waals surface area contributed by atoms with E-state index >= 15 is 0 Å². The minimum absolute atomic E-state index is 0.00200. The number of nitrogens with zero attached hydrogens (tertiary/aromatic N) is 5. The Balaban J connectivity index is 0.000000608. The number of rotatable bonds is 9. The van der Waals surface area contributed by atoms with Crippen LogP contribution >= 0.6 is 12.6 Å². The Morgan fingerprint density at radius 3 is 1.60 bits per heavy atom. The summed E-state index contributed by atoms with van der Waals surface area (Å²) in [4.78, 5) is 64.3. The predicted octanol–water partition coefficient (Wildman–Crippen LogP) is 3.58. The van der Waals surface area contributed by atoms with Crippen LogP contribution in [0.25, 0.3) is 0 Å². The minimum Gasteiger partial charge on any atom is -0.460 e. The molecule has 2 aromatic rings. The van der Waals surface area contributed by atoms with Crippen LogP contribution in [-0.2, 0) is 52.5 Å². The SMILES string of the molecule is O=C(CN1CCCN(C(=O)[C@@H]2C[C@H](S)CN2C(=O)OCc2ccc([N+](=O)[O-])cc2)CC1)OCc1ccc([N+](=O)[O-])cc1.O=S(=O)(O)C(F)(F)F.O=S(=O)(O)C(F)(F)F. The molecule has 2 aromatic carbocycles. The monoisotopic (exact) mass is 901 g/mol. The summed E-state index contributed by atoms with van der Waals surface area (Å²) >= 11 is 4.49. The zero-order valence-corrected chi connectivity index (χ0v) is 31.8. The molecule has 0 saturated carbocycles. The Labute approximate surface area is 329 Å². The van der Waals surface area contributed by atoms with Crippen molar-refractivity contribution in [1.82, 2.24) is 14.7 Å². The lowest BCUT2D eigenvalue weighted by atomic mass is 10.2. The van der Waals surface area contributed by atoms with Gasteiger partial charge in [-0.25, -0.2) is 4.79 Å². The average molecular weight is 902 g/mol. The van der Waals surface area contributed by atoms with Gasteiger partial charge in [0, 0.05) is 62.2 Å². The standard InChI is InChI=1S/C27H31N5O9S.2CHF3O3S/c33-25(40-17-19-2-6-21(7-3-19)31(36)37)16-28-10-1-11-29(13-12-28)26(34)24-14-23(42)15-30(24)27(35)41-18-20-4-8-22(9-5-20)32(38)39;2*2-1(3,4)8(5,6)7/h2-9,23-24,42H,1,10-18H2;2*(H,5,6,7)/t23-,24-;;/m0../s1. The predicted molar refractivity (Wildman–Crippen MR) is 187 cm³/mol. The Hall–Kier alpha value is -4.84. The molecular weight excluding hydrogens is 869 g/mol. The Morgan fingerprint density at radius 1 is 0.759 bits per heavy atom. The number of hydrogen-bond acceptors (Lipinski definition) is 15. The van der Waals surface area contributed by atoms with Gasteiger partial charge in [-0.3, -0.25) is 48.7 Å². The van der Waals surface area contributed by atoms with E-state index in [2.05, 4.69) is 12.6 Å². The molecule has 0 bridgehead atoms. The topological polar surface area (TPSA) is 274 Å². The van der Waals surface area contributed by atoms with Crippen molar-refractivity contribution in [2.75, 3.05) is 39.3 Å². The number of nitro benzene ring substituents is 2. The highest BCUT2D eigenvalue weighted by Crippen LogP contribution is 2.26. The molecule has 0 aromatic heterocycles. The van der Waals surface area contributed by atoms with E-state index < -0.39 is 59.2 Å². The molecule has 58 heavy (non-hydrogen) atoms. The third kappa shape index (κ3) is 15.8. The normalized spacial score (nSPS) is 17.7. The number of ether oxygens (including phenoxy) is 2. The van der Waals surface area contributed by atoms with Gasteiger partial charge in [0.05, 0.1) is 16.4 Å². The molecule has 29 heteroatoms. The van der Waals surface area contributed by atoms with Crippen LogP contribution in [0.15, 0.2) is 48.5 Å². The summed E-state index contributed by atoms with van der Waals surface area (Å²) in [6.45, 7) is 2.05. The first-order valence-corrected chi connectivity index (χ1v) is 19.3.